The maximum Gasteiger partial charge on any atom is 0.441 e. The van der Waals surface area contributed by atoms with Gasteiger partial charge in [-0.1, -0.05) is 11.6 Å². The van der Waals surface area contributed by atoms with Gasteiger partial charge < -0.3 is 14.6 Å². The van der Waals surface area contributed by atoms with Gasteiger partial charge in [0.05, 0.1) is 13.7 Å². The molecule has 20 heavy (non-hydrogen) atoms. The lowest BCUT2D eigenvalue weighted by atomic mass is 10.2. The third kappa shape index (κ3) is 5.01. The fourth-order valence-electron chi connectivity index (χ4n) is 1.33. The summed E-state index contributed by atoms with van der Waals surface area (Å²) in [5.74, 6) is -1.78. The number of hydrogen-bond donors (Lipinski definition) is 1. The highest BCUT2D eigenvalue weighted by Gasteiger charge is 2.28. The van der Waals surface area contributed by atoms with E-state index in [1.165, 1.54) is 13.2 Å². The minimum absolute atomic E-state index is 0.0481. The molecule has 0 amide bonds. The SMILES string of the molecule is COc1cc(Cl)cc(C(=O)O)c1OCCSC(F)(F)F. The molecule has 0 atom stereocenters. The lowest BCUT2D eigenvalue weighted by Crippen LogP contribution is -2.10. The molecule has 0 unspecified atom stereocenters. The number of rotatable bonds is 6. The van der Waals surface area contributed by atoms with Crippen molar-refractivity contribution in [2.24, 2.45) is 0 Å². The summed E-state index contributed by atoms with van der Waals surface area (Å²) in [4.78, 5) is 11.1. The van der Waals surface area contributed by atoms with E-state index in [0.717, 1.165) is 6.07 Å². The molecule has 0 saturated heterocycles. The standard InChI is InChI=1S/C11H10ClF3O4S/c1-18-8-5-6(12)4-7(10(16)17)9(8)19-2-3-20-11(13,14)15/h4-5H,2-3H2,1H3,(H,16,17). The van der Waals surface area contributed by atoms with Crippen LogP contribution in [0.1, 0.15) is 10.4 Å². The second-order valence-electron chi connectivity index (χ2n) is 3.43. The third-order valence-corrected chi connectivity index (χ3v) is 2.98. The molecule has 0 heterocycles. The van der Waals surface area contributed by atoms with Gasteiger partial charge in [0.2, 0.25) is 0 Å². The Kier molecular flexibility index (Phi) is 5.82. The molecule has 9 heteroatoms. The van der Waals surface area contributed by atoms with Crippen molar-refractivity contribution in [3.8, 4) is 11.5 Å². The molecule has 0 fully saturated rings. The van der Waals surface area contributed by atoms with E-state index in [1.54, 1.807) is 0 Å². The molecule has 0 aliphatic carbocycles. The summed E-state index contributed by atoms with van der Waals surface area (Å²) < 4.78 is 45.9. The predicted octanol–water partition coefficient (Wildman–Crippen LogP) is 3.68. The summed E-state index contributed by atoms with van der Waals surface area (Å²) >= 11 is 5.46. The van der Waals surface area contributed by atoms with Crippen LogP contribution < -0.4 is 9.47 Å². The second kappa shape index (κ2) is 6.94. The number of benzene rings is 1. The average molecular weight is 331 g/mol. The van der Waals surface area contributed by atoms with Gasteiger partial charge in [0, 0.05) is 16.8 Å². The number of halogens is 4. The van der Waals surface area contributed by atoms with E-state index >= 15 is 0 Å². The van der Waals surface area contributed by atoms with Crippen LogP contribution in [-0.4, -0.2) is 36.1 Å². The first-order valence-electron chi connectivity index (χ1n) is 5.19. The molecule has 0 bridgehead atoms. The smallest absolute Gasteiger partial charge is 0.441 e. The van der Waals surface area contributed by atoms with E-state index in [0.29, 0.717) is 0 Å². The number of thioether (sulfide) groups is 1. The number of carboxylic acids is 1. The van der Waals surface area contributed by atoms with Gasteiger partial charge in [-0.25, -0.2) is 4.79 Å². The van der Waals surface area contributed by atoms with Crippen LogP contribution in [0.4, 0.5) is 13.2 Å². The fourth-order valence-corrected chi connectivity index (χ4v) is 1.94. The van der Waals surface area contributed by atoms with Crippen molar-refractivity contribution in [1.29, 1.82) is 0 Å². The summed E-state index contributed by atoms with van der Waals surface area (Å²) in [7, 11) is 1.27. The van der Waals surface area contributed by atoms with Gasteiger partial charge >= 0.3 is 11.5 Å². The minimum Gasteiger partial charge on any atom is -0.493 e. The van der Waals surface area contributed by atoms with Crippen LogP contribution in [0.15, 0.2) is 12.1 Å². The summed E-state index contributed by atoms with van der Waals surface area (Å²) in [6.45, 7) is -0.317. The molecule has 4 nitrogen and oxygen atoms in total. The first-order valence-corrected chi connectivity index (χ1v) is 6.55. The molecule has 1 N–H and O–H groups in total. The van der Waals surface area contributed by atoms with Gasteiger partial charge in [-0.3, -0.25) is 0 Å². The second-order valence-corrected chi connectivity index (χ2v) is 5.03. The van der Waals surface area contributed by atoms with Crippen molar-refractivity contribution in [3.05, 3.63) is 22.7 Å². The van der Waals surface area contributed by atoms with Crippen LogP contribution in [0.5, 0.6) is 11.5 Å². The molecule has 0 aromatic heterocycles. The zero-order valence-corrected chi connectivity index (χ0v) is 11.7. The highest BCUT2D eigenvalue weighted by Crippen LogP contribution is 2.35. The largest absolute Gasteiger partial charge is 0.493 e. The van der Waals surface area contributed by atoms with Gasteiger partial charge in [-0.15, -0.1) is 0 Å². The zero-order chi connectivity index (χ0) is 15.3. The lowest BCUT2D eigenvalue weighted by Gasteiger charge is -2.14. The van der Waals surface area contributed by atoms with Crippen LogP contribution >= 0.6 is 23.4 Å². The maximum absolute atomic E-state index is 12.0. The molecule has 0 spiro atoms. The molecule has 1 aromatic rings. The Hall–Kier alpha value is -1.28. The van der Waals surface area contributed by atoms with Crippen molar-refractivity contribution >= 4 is 29.3 Å². The number of carboxylic acid groups (broad SMARTS) is 1. The van der Waals surface area contributed by atoms with Crippen molar-refractivity contribution in [2.45, 2.75) is 5.51 Å². The molecule has 0 radical (unpaired) electrons. The topological polar surface area (TPSA) is 55.8 Å². The number of methoxy groups -OCH3 is 1. The summed E-state index contributed by atoms with van der Waals surface area (Å²) in [5, 5.41) is 9.14. The quantitative estimate of drug-likeness (QED) is 0.806. The minimum atomic E-state index is -4.36. The van der Waals surface area contributed by atoms with Gasteiger partial charge in [0.15, 0.2) is 11.5 Å². The molecule has 0 saturated carbocycles. The Labute approximate surface area is 121 Å². The lowest BCUT2D eigenvalue weighted by molar-refractivity contribution is -0.0329. The van der Waals surface area contributed by atoms with Crippen LogP contribution in [0.3, 0.4) is 0 Å². The first kappa shape index (κ1) is 16.8. The monoisotopic (exact) mass is 330 g/mol. The van der Waals surface area contributed by atoms with Crippen LogP contribution in [0.25, 0.3) is 0 Å². The first-order chi connectivity index (χ1) is 9.24. The molecule has 0 aliphatic rings. The zero-order valence-electron chi connectivity index (χ0n) is 10.2. The van der Waals surface area contributed by atoms with E-state index in [1.807, 2.05) is 0 Å². The van der Waals surface area contributed by atoms with Gasteiger partial charge in [0.1, 0.15) is 5.56 Å². The highest BCUT2D eigenvalue weighted by atomic mass is 35.5. The Morgan fingerprint density at radius 1 is 1.45 bits per heavy atom. The summed E-state index contributed by atoms with van der Waals surface area (Å²) in [6, 6.07) is 2.46. The van der Waals surface area contributed by atoms with Crippen LogP contribution in [-0.2, 0) is 0 Å². The van der Waals surface area contributed by atoms with Gasteiger partial charge in [-0.05, 0) is 17.8 Å². The van der Waals surface area contributed by atoms with E-state index in [4.69, 9.17) is 26.2 Å². The third-order valence-electron chi connectivity index (χ3n) is 2.07. The van der Waals surface area contributed by atoms with Crippen molar-refractivity contribution in [2.75, 3.05) is 19.5 Å². The van der Waals surface area contributed by atoms with E-state index in [2.05, 4.69) is 0 Å². The predicted molar refractivity (Wildman–Crippen MR) is 69.0 cm³/mol. The molecule has 0 aliphatic heterocycles. The maximum atomic E-state index is 12.0. The Balaban J connectivity index is 2.84. The Morgan fingerprint density at radius 3 is 2.60 bits per heavy atom. The van der Waals surface area contributed by atoms with Crippen LogP contribution in [0, 0.1) is 0 Å². The van der Waals surface area contributed by atoms with Crippen LogP contribution in [0.2, 0.25) is 5.02 Å². The van der Waals surface area contributed by atoms with Gasteiger partial charge in [0.25, 0.3) is 0 Å². The fraction of sp³-hybridized carbons (Fsp3) is 0.364. The molecule has 112 valence electrons. The number of ether oxygens (including phenoxy) is 2. The molecule has 1 rings (SSSR count). The van der Waals surface area contributed by atoms with Gasteiger partial charge in [-0.2, -0.15) is 13.2 Å². The van der Waals surface area contributed by atoms with E-state index in [-0.39, 0.29) is 46.2 Å². The number of aromatic carboxylic acids is 1. The number of hydrogen-bond acceptors (Lipinski definition) is 4. The molecular weight excluding hydrogens is 321 g/mol. The molecule has 1 aromatic carbocycles. The van der Waals surface area contributed by atoms with E-state index < -0.39 is 11.5 Å². The average Bonchev–Trinajstić information content (AvgIpc) is 2.33. The Bertz CT molecular complexity index is 493. The van der Waals surface area contributed by atoms with Crippen molar-refractivity contribution in [3.63, 3.8) is 0 Å². The van der Waals surface area contributed by atoms with E-state index in [9.17, 15) is 18.0 Å². The molecular formula is C11H10ClF3O4S. The summed E-state index contributed by atoms with van der Waals surface area (Å²) in [5.41, 5.74) is -4.63. The summed E-state index contributed by atoms with van der Waals surface area (Å²) in [6.07, 6.45) is 0. The highest BCUT2D eigenvalue weighted by molar-refractivity contribution is 8.00. The normalized spacial score (nSPS) is 11.2. The Morgan fingerprint density at radius 2 is 2.10 bits per heavy atom. The number of carbonyl (C=O) groups is 1. The number of alkyl halides is 3. The van der Waals surface area contributed by atoms with Crippen molar-refractivity contribution in [1.82, 2.24) is 0 Å². The van der Waals surface area contributed by atoms with Crippen molar-refractivity contribution < 1.29 is 32.5 Å².